The summed E-state index contributed by atoms with van der Waals surface area (Å²) >= 11 is 0. The maximum Gasteiger partial charge on any atom is 0.140 e. The molecule has 0 amide bonds. The van der Waals surface area contributed by atoms with Gasteiger partial charge in [-0.2, -0.15) is 5.26 Å². The molecule has 21 heavy (non-hydrogen) atoms. The van der Waals surface area contributed by atoms with Crippen LogP contribution in [0.5, 0.6) is 0 Å². The molecule has 0 fully saturated rings. The minimum absolute atomic E-state index is 0.378. The number of nitrogens with two attached hydrogens (primary N) is 1. The van der Waals surface area contributed by atoms with E-state index >= 15 is 0 Å². The van der Waals surface area contributed by atoms with Crippen molar-refractivity contribution in [2.75, 3.05) is 13.8 Å². The van der Waals surface area contributed by atoms with Crippen LogP contribution in [-0.2, 0) is 4.74 Å². The van der Waals surface area contributed by atoms with Gasteiger partial charge >= 0.3 is 0 Å². The minimum atomic E-state index is -0.683. The van der Waals surface area contributed by atoms with Crippen molar-refractivity contribution in [3.05, 3.63) is 53.9 Å². The summed E-state index contributed by atoms with van der Waals surface area (Å²) < 4.78 is 17.9. The van der Waals surface area contributed by atoms with Crippen LogP contribution in [0.4, 0.5) is 4.39 Å². The molecule has 2 aromatic rings. The first kappa shape index (κ1) is 15.1. The van der Waals surface area contributed by atoms with Gasteiger partial charge in [0, 0.05) is 18.9 Å². The summed E-state index contributed by atoms with van der Waals surface area (Å²) in [6.07, 6.45) is 1.18. The third kappa shape index (κ3) is 3.43. The number of rotatable bonds is 5. The molecule has 0 unspecified atom stereocenters. The van der Waals surface area contributed by atoms with Crippen LogP contribution in [-0.4, -0.2) is 24.8 Å². The number of ether oxygens (including phenoxy) is 1. The number of aromatic nitrogens is 1. The first-order valence-electron chi connectivity index (χ1n) is 6.50. The Morgan fingerprint density at radius 1 is 1.24 bits per heavy atom. The number of halogens is 1. The number of benzene rings is 1. The second-order valence-electron chi connectivity index (χ2n) is 4.64. The summed E-state index contributed by atoms with van der Waals surface area (Å²) in [6, 6.07) is 12.3. The van der Waals surface area contributed by atoms with E-state index < -0.39 is 18.8 Å². The Morgan fingerprint density at radius 2 is 1.90 bits per heavy atom. The Morgan fingerprint density at radius 3 is 2.38 bits per heavy atom. The molecule has 1 aromatic heterocycles. The molecule has 108 valence electrons. The van der Waals surface area contributed by atoms with Crippen molar-refractivity contribution in [3.63, 3.8) is 0 Å². The van der Waals surface area contributed by atoms with E-state index in [0.717, 1.165) is 16.7 Å². The van der Waals surface area contributed by atoms with Crippen LogP contribution in [0.15, 0.2) is 42.6 Å². The molecule has 0 aliphatic heterocycles. The predicted octanol–water partition coefficient (Wildman–Crippen LogP) is 2.60. The molecule has 0 spiro atoms. The van der Waals surface area contributed by atoms with E-state index in [1.165, 1.54) is 7.11 Å². The first-order chi connectivity index (χ1) is 10.2. The highest BCUT2D eigenvalue weighted by atomic mass is 19.1. The van der Waals surface area contributed by atoms with Crippen molar-refractivity contribution in [1.82, 2.24) is 4.98 Å². The highest BCUT2D eigenvalue weighted by Gasteiger charge is 2.19. The van der Waals surface area contributed by atoms with Crippen molar-refractivity contribution in [2.45, 2.75) is 12.1 Å². The third-order valence-electron chi connectivity index (χ3n) is 3.27. The monoisotopic (exact) mass is 285 g/mol. The molecule has 0 bridgehead atoms. The molecule has 4 nitrogen and oxygen atoms in total. The SMILES string of the molecule is CO[C@H](c1ccc(-c2ccc(C#N)nc2)cc1)[C@H](N)CF. The maximum atomic E-state index is 12.7. The Labute approximate surface area is 123 Å². The molecule has 0 saturated heterocycles. The van der Waals surface area contributed by atoms with Gasteiger partial charge in [0.15, 0.2) is 0 Å². The van der Waals surface area contributed by atoms with E-state index in [-0.39, 0.29) is 0 Å². The fourth-order valence-corrected chi connectivity index (χ4v) is 2.13. The lowest BCUT2D eigenvalue weighted by Crippen LogP contribution is -2.31. The second-order valence-corrected chi connectivity index (χ2v) is 4.64. The zero-order valence-electron chi connectivity index (χ0n) is 11.7. The molecule has 5 heteroatoms. The summed E-state index contributed by atoms with van der Waals surface area (Å²) in [5.41, 5.74) is 8.77. The normalized spacial score (nSPS) is 13.4. The van der Waals surface area contributed by atoms with Gasteiger partial charge in [0.05, 0.1) is 12.1 Å². The van der Waals surface area contributed by atoms with Gasteiger partial charge < -0.3 is 10.5 Å². The molecular weight excluding hydrogens is 269 g/mol. The zero-order valence-corrected chi connectivity index (χ0v) is 11.7. The maximum absolute atomic E-state index is 12.7. The number of alkyl halides is 1. The average Bonchev–Trinajstić information content (AvgIpc) is 2.56. The molecule has 2 N–H and O–H groups in total. The number of nitrogens with zero attached hydrogens (tertiary/aromatic N) is 2. The van der Waals surface area contributed by atoms with Gasteiger partial charge in [-0.15, -0.1) is 0 Å². The van der Waals surface area contributed by atoms with Crippen LogP contribution in [0.2, 0.25) is 0 Å². The molecule has 2 rings (SSSR count). The highest BCUT2D eigenvalue weighted by Crippen LogP contribution is 2.24. The summed E-state index contributed by atoms with van der Waals surface area (Å²) in [5.74, 6) is 0. The number of pyridine rings is 1. The number of hydrogen-bond donors (Lipinski definition) is 1. The first-order valence-corrected chi connectivity index (χ1v) is 6.50. The van der Waals surface area contributed by atoms with Gasteiger partial charge in [0.25, 0.3) is 0 Å². The fourth-order valence-electron chi connectivity index (χ4n) is 2.13. The lowest BCUT2D eigenvalue weighted by Gasteiger charge is -2.20. The van der Waals surface area contributed by atoms with Crippen LogP contribution < -0.4 is 5.73 Å². The van der Waals surface area contributed by atoms with E-state index in [4.69, 9.17) is 15.7 Å². The quantitative estimate of drug-likeness (QED) is 0.916. The molecule has 0 aliphatic rings. The summed E-state index contributed by atoms with van der Waals surface area (Å²) in [7, 11) is 1.51. The Kier molecular flexibility index (Phi) is 4.99. The van der Waals surface area contributed by atoms with Crippen LogP contribution in [0.25, 0.3) is 11.1 Å². The van der Waals surface area contributed by atoms with Crippen molar-refractivity contribution in [1.29, 1.82) is 5.26 Å². The highest BCUT2D eigenvalue weighted by molar-refractivity contribution is 5.63. The molecule has 1 aromatic carbocycles. The van der Waals surface area contributed by atoms with Gasteiger partial charge in [-0.05, 0) is 23.3 Å². The van der Waals surface area contributed by atoms with Crippen molar-refractivity contribution in [2.24, 2.45) is 5.73 Å². The molecule has 0 saturated carbocycles. The zero-order chi connectivity index (χ0) is 15.2. The number of nitriles is 1. The fraction of sp³-hybridized carbons (Fsp3) is 0.250. The number of hydrogen-bond acceptors (Lipinski definition) is 4. The van der Waals surface area contributed by atoms with E-state index in [2.05, 4.69) is 4.98 Å². The molecule has 0 radical (unpaired) electrons. The van der Waals surface area contributed by atoms with Gasteiger partial charge in [-0.25, -0.2) is 9.37 Å². The van der Waals surface area contributed by atoms with E-state index in [0.29, 0.717) is 5.69 Å². The lowest BCUT2D eigenvalue weighted by atomic mass is 9.99. The van der Waals surface area contributed by atoms with Gasteiger partial charge in [-0.3, -0.25) is 0 Å². The lowest BCUT2D eigenvalue weighted by molar-refractivity contribution is 0.0721. The van der Waals surface area contributed by atoms with E-state index in [1.807, 2.05) is 36.4 Å². The van der Waals surface area contributed by atoms with Gasteiger partial charge in [0.1, 0.15) is 18.4 Å². The van der Waals surface area contributed by atoms with Crippen molar-refractivity contribution >= 4 is 0 Å². The Balaban J connectivity index is 2.23. The van der Waals surface area contributed by atoms with Gasteiger partial charge in [0.2, 0.25) is 0 Å². The van der Waals surface area contributed by atoms with E-state index in [1.54, 1.807) is 12.3 Å². The Bertz CT molecular complexity index is 619. The average molecular weight is 285 g/mol. The van der Waals surface area contributed by atoms with Crippen LogP contribution in [0.1, 0.15) is 17.4 Å². The van der Waals surface area contributed by atoms with Crippen molar-refractivity contribution < 1.29 is 9.13 Å². The van der Waals surface area contributed by atoms with Crippen molar-refractivity contribution in [3.8, 4) is 17.2 Å². The summed E-state index contributed by atoms with van der Waals surface area (Å²) in [6.45, 7) is -0.639. The van der Waals surface area contributed by atoms with Crippen LogP contribution in [0, 0.1) is 11.3 Å². The largest absolute Gasteiger partial charge is 0.375 e. The molecular formula is C16H16FN3O. The second kappa shape index (κ2) is 6.93. The minimum Gasteiger partial charge on any atom is -0.375 e. The van der Waals surface area contributed by atoms with Crippen LogP contribution >= 0.6 is 0 Å². The predicted molar refractivity (Wildman–Crippen MR) is 78.1 cm³/mol. The Hall–Kier alpha value is -2.29. The standard InChI is InChI=1S/C16H16FN3O/c1-21-16(15(19)8-17)12-4-2-11(3-5-12)13-6-7-14(9-18)20-10-13/h2-7,10,15-16H,8,19H2,1H3/t15-,16-/m1/s1. The smallest absolute Gasteiger partial charge is 0.140 e. The summed E-state index contributed by atoms with van der Waals surface area (Å²) in [5, 5.41) is 8.73. The molecule has 2 atom stereocenters. The molecule has 0 aliphatic carbocycles. The topological polar surface area (TPSA) is 71.9 Å². The van der Waals surface area contributed by atoms with Crippen LogP contribution in [0.3, 0.4) is 0 Å². The summed E-state index contributed by atoms with van der Waals surface area (Å²) in [4.78, 5) is 4.03. The van der Waals surface area contributed by atoms with E-state index in [9.17, 15) is 4.39 Å². The molecule has 1 heterocycles. The van der Waals surface area contributed by atoms with Gasteiger partial charge in [-0.1, -0.05) is 24.3 Å². The third-order valence-corrected chi connectivity index (χ3v) is 3.27. The number of methoxy groups -OCH3 is 1.